The average molecular weight is 250 g/mol. The second-order valence-corrected chi connectivity index (χ2v) is 5.49. The molecule has 1 aromatic rings. The third-order valence-corrected chi connectivity index (χ3v) is 4.04. The van der Waals surface area contributed by atoms with Gasteiger partial charge in [0.1, 0.15) is 0 Å². The molecule has 0 amide bonds. The minimum Gasteiger partial charge on any atom is -0.490 e. The van der Waals surface area contributed by atoms with E-state index in [9.17, 15) is 0 Å². The van der Waals surface area contributed by atoms with Gasteiger partial charge in [0.15, 0.2) is 5.75 Å². The summed E-state index contributed by atoms with van der Waals surface area (Å²) in [5, 5.41) is 4.45. The van der Waals surface area contributed by atoms with Gasteiger partial charge in [-0.1, -0.05) is 19.3 Å². The van der Waals surface area contributed by atoms with Gasteiger partial charge >= 0.3 is 0 Å². The normalized spacial score (nSPS) is 25.4. The van der Waals surface area contributed by atoms with Crippen molar-refractivity contribution in [2.75, 3.05) is 19.8 Å². The zero-order valence-electron chi connectivity index (χ0n) is 10.9. The molecule has 4 nitrogen and oxygen atoms in total. The fourth-order valence-electron chi connectivity index (χ4n) is 2.87. The Labute approximate surface area is 108 Å². The van der Waals surface area contributed by atoms with Crippen molar-refractivity contribution in [1.82, 2.24) is 9.78 Å². The van der Waals surface area contributed by atoms with Crippen LogP contribution in [-0.4, -0.2) is 29.6 Å². The van der Waals surface area contributed by atoms with Gasteiger partial charge in [0.2, 0.25) is 0 Å². The Bertz CT molecular complexity index is 366. The number of rotatable bonds is 4. The highest BCUT2D eigenvalue weighted by Crippen LogP contribution is 2.28. The van der Waals surface area contributed by atoms with Crippen LogP contribution >= 0.6 is 0 Å². The van der Waals surface area contributed by atoms with E-state index in [-0.39, 0.29) is 0 Å². The molecule has 0 bridgehead atoms. The highest BCUT2D eigenvalue weighted by atomic mass is 16.5. The third kappa shape index (κ3) is 2.86. The standard InChI is InChI=1S/C14H22N2O2/c1-2-4-13(5-3-1)16-9-14(8-15-16)18-11-12-6-7-17-10-12/h8-9,12-13H,1-7,10-11H2. The SMILES string of the molecule is c1nn(C2CCCCC2)cc1OCC1CCOC1. The second kappa shape index (κ2) is 5.74. The molecule has 100 valence electrons. The van der Waals surface area contributed by atoms with Crippen LogP contribution in [0.15, 0.2) is 12.4 Å². The maximum Gasteiger partial charge on any atom is 0.157 e. The van der Waals surface area contributed by atoms with Crippen LogP contribution in [0.1, 0.15) is 44.6 Å². The first-order valence-corrected chi connectivity index (χ1v) is 7.16. The summed E-state index contributed by atoms with van der Waals surface area (Å²) in [7, 11) is 0. The van der Waals surface area contributed by atoms with Crippen molar-refractivity contribution in [3.63, 3.8) is 0 Å². The zero-order valence-corrected chi connectivity index (χ0v) is 10.9. The van der Waals surface area contributed by atoms with Gasteiger partial charge in [0.05, 0.1) is 31.6 Å². The molecule has 0 aromatic carbocycles. The molecule has 2 heterocycles. The monoisotopic (exact) mass is 250 g/mol. The summed E-state index contributed by atoms with van der Waals surface area (Å²) in [4.78, 5) is 0. The minimum atomic E-state index is 0.558. The van der Waals surface area contributed by atoms with Gasteiger partial charge in [-0.05, 0) is 19.3 Å². The number of nitrogens with zero attached hydrogens (tertiary/aromatic N) is 2. The van der Waals surface area contributed by atoms with Gasteiger partial charge in [-0.15, -0.1) is 0 Å². The van der Waals surface area contributed by atoms with Crippen LogP contribution in [-0.2, 0) is 4.74 Å². The summed E-state index contributed by atoms with van der Waals surface area (Å²) in [5.41, 5.74) is 0. The van der Waals surface area contributed by atoms with Crippen molar-refractivity contribution in [3.05, 3.63) is 12.4 Å². The van der Waals surface area contributed by atoms with Crippen molar-refractivity contribution < 1.29 is 9.47 Å². The Hall–Kier alpha value is -1.03. The fraction of sp³-hybridized carbons (Fsp3) is 0.786. The van der Waals surface area contributed by atoms with Crippen molar-refractivity contribution in [3.8, 4) is 5.75 Å². The van der Waals surface area contributed by atoms with Crippen molar-refractivity contribution in [1.29, 1.82) is 0 Å². The summed E-state index contributed by atoms with van der Waals surface area (Å²) in [5.74, 6) is 1.47. The van der Waals surface area contributed by atoms with Crippen molar-refractivity contribution in [2.45, 2.75) is 44.6 Å². The molecular formula is C14H22N2O2. The van der Waals surface area contributed by atoms with Gasteiger partial charge in [-0.3, -0.25) is 4.68 Å². The van der Waals surface area contributed by atoms with Crippen LogP contribution in [0.4, 0.5) is 0 Å². The number of hydrogen-bond donors (Lipinski definition) is 0. The van der Waals surface area contributed by atoms with E-state index in [0.717, 1.165) is 32.0 Å². The topological polar surface area (TPSA) is 36.3 Å². The van der Waals surface area contributed by atoms with E-state index in [2.05, 4.69) is 16.0 Å². The third-order valence-electron chi connectivity index (χ3n) is 4.04. The Balaban J connectivity index is 1.52. The lowest BCUT2D eigenvalue weighted by Gasteiger charge is -2.21. The van der Waals surface area contributed by atoms with Crippen LogP contribution in [0.3, 0.4) is 0 Å². The first-order chi connectivity index (χ1) is 8.92. The van der Waals surface area contributed by atoms with E-state index in [0.29, 0.717) is 12.0 Å². The Morgan fingerprint density at radius 3 is 2.94 bits per heavy atom. The van der Waals surface area contributed by atoms with Crippen molar-refractivity contribution >= 4 is 0 Å². The highest BCUT2D eigenvalue weighted by molar-refractivity contribution is 5.12. The Kier molecular flexibility index (Phi) is 3.84. The lowest BCUT2D eigenvalue weighted by Crippen LogP contribution is -2.13. The molecule has 2 aliphatic rings. The van der Waals surface area contributed by atoms with E-state index in [1.54, 1.807) is 0 Å². The van der Waals surface area contributed by atoms with E-state index in [4.69, 9.17) is 9.47 Å². The molecule has 1 aromatic heterocycles. The summed E-state index contributed by atoms with van der Waals surface area (Å²) < 4.78 is 13.2. The Morgan fingerprint density at radius 1 is 1.28 bits per heavy atom. The average Bonchev–Trinajstić information content (AvgIpc) is 3.09. The predicted octanol–water partition coefficient (Wildman–Crippen LogP) is 2.80. The zero-order chi connectivity index (χ0) is 12.2. The van der Waals surface area contributed by atoms with Crippen LogP contribution in [0.25, 0.3) is 0 Å². The maximum atomic E-state index is 5.80. The lowest BCUT2D eigenvalue weighted by molar-refractivity contribution is 0.167. The molecular weight excluding hydrogens is 228 g/mol. The molecule has 3 rings (SSSR count). The molecule has 1 saturated heterocycles. The first kappa shape index (κ1) is 12.0. The second-order valence-electron chi connectivity index (χ2n) is 5.49. The van der Waals surface area contributed by atoms with E-state index >= 15 is 0 Å². The van der Waals surface area contributed by atoms with Crippen LogP contribution in [0.2, 0.25) is 0 Å². The quantitative estimate of drug-likeness (QED) is 0.824. The summed E-state index contributed by atoms with van der Waals surface area (Å²) in [6.45, 7) is 2.49. The molecule has 1 atom stereocenters. The van der Waals surface area contributed by atoms with Crippen LogP contribution in [0.5, 0.6) is 5.75 Å². The van der Waals surface area contributed by atoms with Crippen LogP contribution < -0.4 is 4.74 Å². The molecule has 1 saturated carbocycles. The molecule has 4 heteroatoms. The summed E-state index contributed by atoms with van der Waals surface area (Å²) >= 11 is 0. The number of aromatic nitrogens is 2. The molecule has 0 spiro atoms. The molecule has 1 unspecified atom stereocenters. The Morgan fingerprint density at radius 2 is 2.17 bits per heavy atom. The highest BCUT2D eigenvalue weighted by Gasteiger charge is 2.18. The summed E-state index contributed by atoms with van der Waals surface area (Å²) in [6.07, 6.45) is 11.6. The maximum absolute atomic E-state index is 5.80. The smallest absolute Gasteiger partial charge is 0.157 e. The van der Waals surface area contributed by atoms with Gasteiger partial charge < -0.3 is 9.47 Å². The van der Waals surface area contributed by atoms with Gasteiger partial charge in [-0.25, -0.2) is 0 Å². The van der Waals surface area contributed by atoms with Gasteiger partial charge in [0.25, 0.3) is 0 Å². The number of ether oxygens (including phenoxy) is 2. The van der Waals surface area contributed by atoms with Gasteiger partial charge in [-0.2, -0.15) is 5.10 Å². The van der Waals surface area contributed by atoms with E-state index in [1.165, 1.54) is 32.1 Å². The largest absolute Gasteiger partial charge is 0.490 e. The fourth-order valence-corrected chi connectivity index (χ4v) is 2.87. The molecule has 18 heavy (non-hydrogen) atoms. The van der Waals surface area contributed by atoms with E-state index < -0.39 is 0 Å². The molecule has 1 aliphatic heterocycles. The van der Waals surface area contributed by atoms with Gasteiger partial charge in [0, 0.05) is 12.5 Å². The minimum absolute atomic E-state index is 0.558. The van der Waals surface area contributed by atoms with Crippen molar-refractivity contribution in [2.24, 2.45) is 5.92 Å². The lowest BCUT2D eigenvalue weighted by atomic mass is 9.96. The predicted molar refractivity (Wildman–Crippen MR) is 68.8 cm³/mol. The number of hydrogen-bond acceptors (Lipinski definition) is 3. The molecule has 2 fully saturated rings. The molecule has 0 radical (unpaired) electrons. The first-order valence-electron chi connectivity index (χ1n) is 7.16. The summed E-state index contributed by atoms with van der Waals surface area (Å²) in [6, 6.07) is 0.589. The molecule has 0 N–H and O–H groups in total. The molecule has 1 aliphatic carbocycles. The van der Waals surface area contributed by atoms with E-state index in [1.807, 2.05) is 6.20 Å². The van der Waals surface area contributed by atoms with Crippen LogP contribution in [0, 0.1) is 5.92 Å².